The molecule has 3 heterocycles. The van der Waals surface area contributed by atoms with Crippen LogP contribution < -0.4 is 5.32 Å². The van der Waals surface area contributed by atoms with E-state index in [1.54, 1.807) is 17.6 Å². The van der Waals surface area contributed by atoms with Crippen LogP contribution in [0.5, 0.6) is 0 Å². The first kappa shape index (κ1) is 15.8. The predicted molar refractivity (Wildman–Crippen MR) is 98.1 cm³/mol. The number of rotatable bonds is 7. The molecule has 0 aliphatic heterocycles. The van der Waals surface area contributed by atoms with Crippen LogP contribution in [0.2, 0.25) is 0 Å². The third-order valence-electron chi connectivity index (χ3n) is 3.79. The fraction of sp³-hybridized carbons (Fsp3) is 0.158. The molecule has 0 unspecified atom stereocenters. The summed E-state index contributed by atoms with van der Waals surface area (Å²) >= 11 is 1.60. The molecular formula is C19H18N4OS. The van der Waals surface area contributed by atoms with E-state index in [0.29, 0.717) is 0 Å². The van der Waals surface area contributed by atoms with Crippen molar-refractivity contribution < 1.29 is 4.42 Å². The molecule has 6 heteroatoms. The van der Waals surface area contributed by atoms with Crippen molar-refractivity contribution in [2.24, 2.45) is 0 Å². The van der Waals surface area contributed by atoms with Crippen molar-refractivity contribution in [2.45, 2.75) is 19.6 Å². The summed E-state index contributed by atoms with van der Waals surface area (Å²) in [5, 5.41) is 10.8. The van der Waals surface area contributed by atoms with Crippen molar-refractivity contribution in [1.29, 1.82) is 0 Å². The molecule has 0 bridgehead atoms. The average Bonchev–Trinajstić information content (AvgIpc) is 3.37. The van der Waals surface area contributed by atoms with E-state index in [1.165, 1.54) is 5.56 Å². The summed E-state index contributed by atoms with van der Waals surface area (Å²) < 4.78 is 7.34. The highest BCUT2D eigenvalue weighted by Gasteiger charge is 2.07. The van der Waals surface area contributed by atoms with Crippen molar-refractivity contribution in [3.8, 4) is 10.8 Å². The number of hydrogen-bond donors (Lipinski definition) is 1. The van der Waals surface area contributed by atoms with Gasteiger partial charge in [0.1, 0.15) is 0 Å². The lowest BCUT2D eigenvalue weighted by Crippen LogP contribution is -2.12. The standard InChI is InChI=1S/C19H18N4OS/c1-2-5-15(6-3-1)12-23-13-16(10-21-23)9-20-11-17-14-25-19(22-17)18-7-4-8-24-18/h1-8,10,13-14,20H,9,11-12H2. The first-order valence-corrected chi connectivity index (χ1v) is 8.99. The van der Waals surface area contributed by atoms with E-state index >= 15 is 0 Å². The summed E-state index contributed by atoms with van der Waals surface area (Å²) in [4.78, 5) is 4.59. The van der Waals surface area contributed by atoms with Crippen molar-refractivity contribution in [2.75, 3.05) is 0 Å². The maximum absolute atomic E-state index is 5.37. The SMILES string of the molecule is c1ccc(Cn2cc(CNCc3csc(-c4ccco4)n3)cn2)cc1. The minimum absolute atomic E-state index is 0.723. The number of furan rings is 1. The first-order valence-electron chi connectivity index (χ1n) is 8.11. The number of thiazole rings is 1. The molecule has 5 nitrogen and oxygen atoms in total. The Morgan fingerprint density at radius 1 is 1.04 bits per heavy atom. The minimum atomic E-state index is 0.723. The Morgan fingerprint density at radius 3 is 2.80 bits per heavy atom. The van der Waals surface area contributed by atoms with E-state index in [4.69, 9.17) is 4.42 Å². The van der Waals surface area contributed by atoms with Crippen LogP contribution in [0, 0.1) is 0 Å². The van der Waals surface area contributed by atoms with Crippen LogP contribution >= 0.6 is 11.3 Å². The van der Waals surface area contributed by atoms with E-state index in [-0.39, 0.29) is 0 Å². The quantitative estimate of drug-likeness (QED) is 0.548. The Morgan fingerprint density at radius 2 is 1.96 bits per heavy atom. The van der Waals surface area contributed by atoms with Crippen LogP contribution in [0.25, 0.3) is 10.8 Å². The average molecular weight is 350 g/mol. The van der Waals surface area contributed by atoms with Gasteiger partial charge in [0.15, 0.2) is 10.8 Å². The Bertz CT molecular complexity index is 912. The van der Waals surface area contributed by atoms with E-state index in [0.717, 1.165) is 41.7 Å². The summed E-state index contributed by atoms with van der Waals surface area (Å²) in [7, 11) is 0. The van der Waals surface area contributed by atoms with E-state index < -0.39 is 0 Å². The van der Waals surface area contributed by atoms with Gasteiger partial charge in [0, 0.05) is 30.2 Å². The second kappa shape index (κ2) is 7.46. The minimum Gasteiger partial charge on any atom is -0.462 e. The molecule has 0 radical (unpaired) electrons. The summed E-state index contributed by atoms with van der Waals surface area (Å²) in [5.41, 5.74) is 3.43. The van der Waals surface area contributed by atoms with Gasteiger partial charge < -0.3 is 9.73 Å². The molecule has 0 atom stereocenters. The molecule has 0 fully saturated rings. The highest BCUT2D eigenvalue weighted by atomic mass is 32.1. The van der Waals surface area contributed by atoms with Gasteiger partial charge in [0.2, 0.25) is 0 Å². The third-order valence-corrected chi connectivity index (χ3v) is 4.70. The van der Waals surface area contributed by atoms with Crippen LogP contribution in [-0.4, -0.2) is 14.8 Å². The van der Waals surface area contributed by atoms with Crippen LogP contribution in [0.3, 0.4) is 0 Å². The predicted octanol–water partition coefficient (Wildman–Crippen LogP) is 3.94. The number of aromatic nitrogens is 3. The van der Waals surface area contributed by atoms with E-state index in [1.807, 2.05) is 41.2 Å². The molecule has 4 aromatic rings. The Hall–Kier alpha value is -2.70. The summed E-state index contributed by atoms with van der Waals surface area (Å²) in [5.74, 6) is 0.818. The van der Waals surface area contributed by atoms with Gasteiger partial charge in [-0.25, -0.2) is 4.98 Å². The van der Waals surface area contributed by atoms with Gasteiger partial charge in [0.05, 0.1) is 24.7 Å². The Kier molecular flexibility index (Phi) is 4.72. The van der Waals surface area contributed by atoms with Crippen LogP contribution in [0.15, 0.2) is 70.9 Å². The van der Waals surface area contributed by atoms with Gasteiger partial charge in [-0.2, -0.15) is 5.10 Å². The van der Waals surface area contributed by atoms with Crippen molar-refractivity contribution in [1.82, 2.24) is 20.1 Å². The summed E-state index contributed by atoms with van der Waals surface area (Å²) in [6, 6.07) is 14.1. The fourth-order valence-electron chi connectivity index (χ4n) is 2.59. The van der Waals surface area contributed by atoms with Crippen LogP contribution in [-0.2, 0) is 19.6 Å². The zero-order valence-electron chi connectivity index (χ0n) is 13.6. The molecule has 3 aromatic heterocycles. The number of nitrogens with zero attached hydrogens (tertiary/aromatic N) is 3. The van der Waals surface area contributed by atoms with Gasteiger partial charge in [0.25, 0.3) is 0 Å². The lowest BCUT2D eigenvalue weighted by Gasteiger charge is -2.01. The normalized spacial score (nSPS) is 11.0. The van der Waals surface area contributed by atoms with Crippen LogP contribution in [0.4, 0.5) is 0 Å². The number of hydrogen-bond acceptors (Lipinski definition) is 5. The van der Waals surface area contributed by atoms with E-state index in [2.05, 4.69) is 39.1 Å². The Balaban J connectivity index is 1.29. The van der Waals surface area contributed by atoms with Gasteiger partial charge in [-0.15, -0.1) is 11.3 Å². The largest absolute Gasteiger partial charge is 0.462 e. The molecule has 1 aromatic carbocycles. The lowest BCUT2D eigenvalue weighted by molar-refractivity contribution is 0.581. The van der Waals surface area contributed by atoms with Crippen molar-refractivity contribution in [3.63, 3.8) is 0 Å². The molecule has 126 valence electrons. The summed E-state index contributed by atoms with van der Waals surface area (Å²) in [6.45, 7) is 2.28. The molecule has 1 N–H and O–H groups in total. The maximum atomic E-state index is 5.37. The fourth-order valence-corrected chi connectivity index (χ4v) is 3.38. The lowest BCUT2D eigenvalue weighted by atomic mass is 10.2. The van der Waals surface area contributed by atoms with Gasteiger partial charge >= 0.3 is 0 Å². The molecule has 0 amide bonds. The van der Waals surface area contributed by atoms with Crippen molar-refractivity contribution in [3.05, 3.63) is 83.3 Å². The van der Waals surface area contributed by atoms with Crippen LogP contribution in [0.1, 0.15) is 16.8 Å². The zero-order chi connectivity index (χ0) is 16.9. The second-order valence-electron chi connectivity index (χ2n) is 5.76. The van der Waals surface area contributed by atoms with E-state index in [9.17, 15) is 0 Å². The highest BCUT2D eigenvalue weighted by molar-refractivity contribution is 7.13. The number of benzene rings is 1. The molecule has 0 saturated heterocycles. The topological polar surface area (TPSA) is 55.9 Å². The van der Waals surface area contributed by atoms with Gasteiger partial charge in [-0.1, -0.05) is 30.3 Å². The summed E-state index contributed by atoms with van der Waals surface area (Å²) in [6.07, 6.45) is 5.66. The zero-order valence-corrected chi connectivity index (χ0v) is 14.4. The molecule has 0 aliphatic rings. The molecule has 0 spiro atoms. The second-order valence-corrected chi connectivity index (χ2v) is 6.61. The molecule has 25 heavy (non-hydrogen) atoms. The Labute approximate surface area is 150 Å². The molecular weight excluding hydrogens is 332 g/mol. The molecule has 4 rings (SSSR count). The van der Waals surface area contributed by atoms with Gasteiger partial charge in [-0.05, 0) is 17.7 Å². The number of nitrogens with one attached hydrogen (secondary N) is 1. The first-order chi connectivity index (χ1) is 12.4. The molecule has 0 aliphatic carbocycles. The monoisotopic (exact) mass is 350 g/mol. The van der Waals surface area contributed by atoms with Crippen molar-refractivity contribution >= 4 is 11.3 Å². The highest BCUT2D eigenvalue weighted by Crippen LogP contribution is 2.23. The maximum Gasteiger partial charge on any atom is 0.162 e. The third kappa shape index (κ3) is 4.04. The smallest absolute Gasteiger partial charge is 0.162 e. The van der Waals surface area contributed by atoms with Gasteiger partial charge in [-0.3, -0.25) is 4.68 Å². The molecule has 0 saturated carbocycles.